The van der Waals surface area contributed by atoms with Gasteiger partial charge in [-0.05, 0) is 17.9 Å². The standard InChI is InChI=1S/C18H19N3O2/c1-11(22)14-10-19-16-9-15(20-21(16)17(14)23)12-5-7-13(8-6-12)18(2,3)4/h5-10,22H,1-4H3/b14-11-. The number of fused-ring (bicyclic) bond motifs is 1. The molecule has 3 aromatic rings. The lowest BCUT2D eigenvalue weighted by Crippen LogP contribution is -2.33. The molecule has 0 aliphatic heterocycles. The first-order chi connectivity index (χ1) is 10.8. The molecule has 5 heteroatoms. The summed E-state index contributed by atoms with van der Waals surface area (Å²) < 4.78 is 1.22. The molecular formula is C18H19N3O2. The fourth-order valence-electron chi connectivity index (χ4n) is 2.44. The highest BCUT2D eigenvalue weighted by Crippen LogP contribution is 2.25. The smallest absolute Gasteiger partial charge is 0.285 e. The molecule has 0 aliphatic carbocycles. The van der Waals surface area contributed by atoms with Gasteiger partial charge in [0.2, 0.25) is 0 Å². The second kappa shape index (κ2) is 5.19. The number of aliphatic hydroxyl groups is 1. The zero-order chi connectivity index (χ0) is 16.8. The molecular weight excluding hydrogens is 290 g/mol. The second-order valence-electron chi connectivity index (χ2n) is 6.69. The van der Waals surface area contributed by atoms with E-state index in [1.165, 1.54) is 23.2 Å². The van der Waals surface area contributed by atoms with Gasteiger partial charge in [-0.1, -0.05) is 45.0 Å². The topological polar surface area (TPSA) is 67.5 Å². The van der Waals surface area contributed by atoms with E-state index in [2.05, 4.69) is 43.0 Å². The molecule has 5 nitrogen and oxygen atoms in total. The normalized spacial score (nSPS) is 13.4. The number of aromatic nitrogens is 3. The highest BCUT2D eigenvalue weighted by molar-refractivity contribution is 5.64. The Morgan fingerprint density at radius 1 is 1.17 bits per heavy atom. The van der Waals surface area contributed by atoms with Gasteiger partial charge in [0.05, 0.1) is 10.9 Å². The van der Waals surface area contributed by atoms with Crippen LogP contribution in [0.15, 0.2) is 41.3 Å². The Morgan fingerprint density at radius 2 is 1.83 bits per heavy atom. The molecule has 0 atom stereocenters. The fourth-order valence-corrected chi connectivity index (χ4v) is 2.44. The van der Waals surface area contributed by atoms with Gasteiger partial charge in [-0.25, -0.2) is 4.98 Å². The summed E-state index contributed by atoms with van der Waals surface area (Å²) in [5.74, 6) is -0.0593. The first kappa shape index (κ1) is 15.2. The third-order valence-electron chi connectivity index (χ3n) is 3.88. The molecule has 1 aromatic carbocycles. The van der Waals surface area contributed by atoms with Crippen molar-refractivity contribution in [3.63, 3.8) is 0 Å². The number of hydrogen-bond acceptors (Lipinski definition) is 4. The predicted molar refractivity (Wildman–Crippen MR) is 90.3 cm³/mol. The molecule has 0 aliphatic rings. The number of rotatable bonds is 1. The minimum Gasteiger partial charge on any atom is -0.512 e. The molecule has 1 N–H and O–H groups in total. The maximum Gasteiger partial charge on any atom is 0.285 e. The zero-order valence-corrected chi connectivity index (χ0v) is 13.7. The van der Waals surface area contributed by atoms with Crippen LogP contribution in [0.5, 0.6) is 0 Å². The monoisotopic (exact) mass is 309 g/mol. The van der Waals surface area contributed by atoms with Gasteiger partial charge in [-0.3, -0.25) is 4.79 Å². The van der Waals surface area contributed by atoms with Crippen LogP contribution in [0, 0.1) is 0 Å². The average Bonchev–Trinajstić information content (AvgIpc) is 2.91. The highest BCUT2D eigenvalue weighted by atomic mass is 16.3. The van der Waals surface area contributed by atoms with E-state index >= 15 is 0 Å². The van der Waals surface area contributed by atoms with Gasteiger partial charge in [-0.15, -0.1) is 0 Å². The van der Waals surface area contributed by atoms with Crippen LogP contribution in [-0.2, 0) is 5.41 Å². The predicted octanol–water partition coefficient (Wildman–Crippen LogP) is 2.46. The number of benzene rings is 1. The van der Waals surface area contributed by atoms with Crippen molar-refractivity contribution >= 4 is 11.4 Å². The largest absolute Gasteiger partial charge is 0.512 e. The quantitative estimate of drug-likeness (QED) is 0.750. The van der Waals surface area contributed by atoms with E-state index in [1.54, 1.807) is 6.07 Å². The van der Waals surface area contributed by atoms with Crippen molar-refractivity contribution < 1.29 is 5.11 Å². The maximum atomic E-state index is 12.3. The van der Waals surface area contributed by atoms with Crippen LogP contribution >= 0.6 is 0 Å². The second-order valence-corrected chi connectivity index (χ2v) is 6.69. The third kappa shape index (κ3) is 2.70. The molecule has 3 rings (SSSR count). The summed E-state index contributed by atoms with van der Waals surface area (Å²) in [6.07, 6.45) is 1.38. The molecule has 0 unspecified atom stereocenters. The summed E-state index contributed by atoms with van der Waals surface area (Å²) in [6, 6.07) is 9.90. The molecule has 0 fully saturated rings. The molecule has 0 bridgehead atoms. The highest BCUT2D eigenvalue weighted by Gasteiger charge is 2.14. The average molecular weight is 309 g/mol. The Kier molecular flexibility index (Phi) is 3.43. The van der Waals surface area contributed by atoms with Crippen LogP contribution in [-0.4, -0.2) is 19.7 Å². The Balaban J connectivity index is 2.13. The van der Waals surface area contributed by atoms with E-state index in [0.717, 1.165) is 5.56 Å². The SMILES string of the molecule is C/C(O)=c1\cnc2cc(-c3ccc(C(C)(C)C)cc3)nn2c1=O. The summed E-state index contributed by atoms with van der Waals surface area (Å²) in [5.41, 5.74) is 3.03. The summed E-state index contributed by atoms with van der Waals surface area (Å²) in [7, 11) is 0. The molecule has 23 heavy (non-hydrogen) atoms. The summed E-state index contributed by atoms with van der Waals surface area (Å²) in [5, 5.41) is 14.0. The lowest BCUT2D eigenvalue weighted by Gasteiger charge is -2.18. The van der Waals surface area contributed by atoms with Crippen LogP contribution < -0.4 is 10.8 Å². The van der Waals surface area contributed by atoms with Crippen molar-refractivity contribution in [1.82, 2.24) is 14.6 Å². The Labute approximate surface area is 133 Å². The van der Waals surface area contributed by atoms with E-state index in [4.69, 9.17) is 0 Å². The summed E-state index contributed by atoms with van der Waals surface area (Å²) in [6.45, 7) is 7.95. The maximum absolute atomic E-state index is 12.3. The summed E-state index contributed by atoms with van der Waals surface area (Å²) >= 11 is 0. The van der Waals surface area contributed by atoms with Gasteiger partial charge in [-0.2, -0.15) is 9.61 Å². The molecule has 0 amide bonds. The van der Waals surface area contributed by atoms with Gasteiger partial charge in [0, 0.05) is 17.8 Å². The van der Waals surface area contributed by atoms with Crippen molar-refractivity contribution in [1.29, 1.82) is 0 Å². The Bertz CT molecular complexity index is 976. The fraction of sp³-hybridized carbons (Fsp3) is 0.278. The third-order valence-corrected chi connectivity index (χ3v) is 3.88. The van der Waals surface area contributed by atoms with Crippen LogP contribution in [0.2, 0.25) is 0 Å². The van der Waals surface area contributed by atoms with Gasteiger partial charge in [0.1, 0.15) is 5.76 Å². The number of hydrogen-bond donors (Lipinski definition) is 1. The van der Waals surface area contributed by atoms with Crippen LogP contribution in [0.3, 0.4) is 0 Å². The first-order valence-electron chi connectivity index (χ1n) is 7.47. The minimum absolute atomic E-state index is 0.0593. The van der Waals surface area contributed by atoms with E-state index in [0.29, 0.717) is 11.3 Å². The zero-order valence-electron chi connectivity index (χ0n) is 13.7. The van der Waals surface area contributed by atoms with E-state index in [1.807, 2.05) is 12.1 Å². The van der Waals surface area contributed by atoms with Crippen molar-refractivity contribution in [2.45, 2.75) is 33.1 Å². The lowest BCUT2D eigenvalue weighted by atomic mass is 9.86. The number of aliphatic hydroxyl groups excluding tert-OH is 1. The first-order valence-corrected chi connectivity index (χ1v) is 7.47. The van der Waals surface area contributed by atoms with E-state index < -0.39 is 0 Å². The van der Waals surface area contributed by atoms with Crippen LogP contribution in [0.4, 0.5) is 0 Å². The van der Waals surface area contributed by atoms with Crippen molar-refractivity contribution in [3.05, 3.63) is 57.7 Å². The Hall–Kier alpha value is -2.69. The molecule has 118 valence electrons. The van der Waals surface area contributed by atoms with Crippen molar-refractivity contribution in [2.24, 2.45) is 0 Å². The summed E-state index contributed by atoms with van der Waals surface area (Å²) in [4.78, 5) is 16.5. The van der Waals surface area contributed by atoms with Gasteiger partial charge < -0.3 is 5.11 Å². The molecule has 0 spiro atoms. The number of nitrogens with zero attached hydrogens (tertiary/aromatic N) is 3. The van der Waals surface area contributed by atoms with E-state index in [-0.39, 0.29) is 22.0 Å². The Morgan fingerprint density at radius 3 is 2.39 bits per heavy atom. The molecule has 0 saturated carbocycles. The molecule has 2 aromatic heterocycles. The van der Waals surface area contributed by atoms with Crippen LogP contribution in [0.1, 0.15) is 33.3 Å². The van der Waals surface area contributed by atoms with Gasteiger partial charge in [0.15, 0.2) is 5.65 Å². The van der Waals surface area contributed by atoms with Crippen molar-refractivity contribution in [3.8, 4) is 11.3 Å². The molecule has 0 saturated heterocycles. The molecule has 0 radical (unpaired) electrons. The van der Waals surface area contributed by atoms with Crippen LogP contribution in [0.25, 0.3) is 22.7 Å². The molecule has 2 heterocycles. The van der Waals surface area contributed by atoms with Crippen molar-refractivity contribution in [2.75, 3.05) is 0 Å². The lowest BCUT2D eigenvalue weighted by molar-refractivity contribution is 0.497. The van der Waals surface area contributed by atoms with E-state index in [9.17, 15) is 9.90 Å². The minimum atomic E-state index is -0.368. The van der Waals surface area contributed by atoms with Gasteiger partial charge >= 0.3 is 0 Å². The van der Waals surface area contributed by atoms with Gasteiger partial charge in [0.25, 0.3) is 5.56 Å².